The van der Waals surface area contributed by atoms with Gasteiger partial charge in [-0.3, -0.25) is 19.8 Å². The molecule has 0 aromatic heterocycles. The third kappa shape index (κ3) is 5.20. The van der Waals surface area contributed by atoms with Crippen molar-refractivity contribution in [3.05, 3.63) is 52.1 Å². The molecule has 1 aliphatic rings. The molecule has 0 saturated carbocycles. The van der Waals surface area contributed by atoms with Gasteiger partial charge in [-0.2, -0.15) is 0 Å². The lowest BCUT2D eigenvalue weighted by Crippen LogP contribution is -2.49. The first kappa shape index (κ1) is 23.1. The third-order valence-corrected chi connectivity index (χ3v) is 5.32. The summed E-state index contributed by atoms with van der Waals surface area (Å²) in [5.41, 5.74) is 0.804. The Kier molecular flexibility index (Phi) is 7.72. The summed E-state index contributed by atoms with van der Waals surface area (Å²) in [6.45, 7) is 2.82. The second-order valence-electron chi connectivity index (χ2n) is 7.16. The lowest BCUT2D eigenvalue weighted by Gasteiger charge is -2.35. The van der Waals surface area contributed by atoms with Crippen molar-refractivity contribution in [2.24, 2.45) is 0 Å². The van der Waals surface area contributed by atoms with Crippen LogP contribution in [0.3, 0.4) is 0 Å². The molecule has 2 aromatic carbocycles. The SMILES string of the molecule is COc1ccc(CN2CCN(C(=O)COc3ccccc3[N+](=O)[O-])CC2)c(OC)c1OC. The Labute approximate surface area is 186 Å². The van der Waals surface area contributed by atoms with Gasteiger partial charge in [0.15, 0.2) is 23.9 Å². The fourth-order valence-corrected chi connectivity index (χ4v) is 3.64. The van der Waals surface area contributed by atoms with Crippen LogP contribution in [0.4, 0.5) is 5.69 Å². The molecule has 1 heterocycles. The molecule has 1 amide bonds. The van der Waals surface area contributed by atoms with E-state index in [1.807, 2.05) is 12.1 Å². The van der Waals surface area contributed by atoms with Crippen LogP contribution in [-0.2, 0) is 11.3 Å². The molecular weight excluding hydrogens is 418 g/mol. The van der Waals surface area contributed by atoms with Gasteiger partial charge < -0.3 is 23.8 Å². The molecule has 172 valence electrons. The highest BCUT2D eigenvalue weighted by atomic mass is 16.6. The Hall–Kier alpha value is -3.53. The number of para-hydroxylation sites is 2. The first-order valence-corrected chi connectivity index (χ1v) is 10.1. The first-order valence-electron chi connectivity index (χ1n) is 10.1. The van der Waals surface area contributed by atoms with E-state index in [4.69, 9.17) is 18.9 Å². The highest BCUT2D eigenvalue weighted by Crippen LogP contribution is 2.40. The standard InChI is InChI=1S/C22H27N3O7/c1-29-19-9-8-16(21(30-2)22(19)31-3)14-23-10-12-24(13-11-23)20(26)15-32-18-7-5-4-6-17(18)25(27)28/h4-9H,10-15H2,1-3H3. The molecule has 1 aliphatic heterocycles. The van der Waals surface area contributed by atoms with Gasteiger partial charge in [0.05, 0.1) is 26.3 Å². The molecular formula is C22H27N3O7. The fourth-order valence-electron chi connectivity index (χ4n) is 3.64. The van der Waals surface area contributed by atoms with Crippen LogP contribution in [0, 0.1) is 10.1 Å². The number of nitrogens with zero attached hydrogens (tertiary/aromatic N) is 3. The summed E-state index contributed by atoms with van der Waals surface area (Å²) in [5.74, 6) is 1.66. The zero-order chi connectivity index (χ0) is 23.1. The Bertz CT molecular complexity index is 959. The van der Waals surface area contributed by atoms with Crippen molar-refractivity contribution in [2.45, 2.75) is 6.54 Å². The van der Waals surface area contributed by atoms with Crippen molar-refractivity contribution in [3.8, 4) is 23.0 Å². The normalized spacial score (nSPS) is 14.0. The Morgan fingerprint density at radius 1 is 0.938 bits per heavy atom. The molecule has 2 aromatic rings. The van der Waals surface area contributed by atoms with Gasteiger partial charge in [0, 0.05) is 44.4 Å². The van der Waals surface area contributed by atoms with Crippen LogP contribution in [0.1, 0.15) is 5.56 Å². The van der Waals surface area contributed by atoms with E-state index in [9.17, 15) is 14.9 Å². The minimum Gasteiger partial charge on any atom is -0.493 e. The number of ether oxygens (including phenoxy) is 4. The van der Waals surface area contributed by atoms with Crippen LogP contribution >= 0.6 is 0 Å². The predicted molar refractivity (Wildman–Crippen MR) is 117 cm³/mol. The largest absolute Gasteiger partial charge is 0.493 e. The van der Waals surface area contributed by atoms with Crippen molar-refractivity contribution in [3.63, 3.8) is 0 Å². The van der Waals surface area contributed by atoms with Gasteiger partial charge in [-0.05, 0) is 12.1 Å². The van der Waals surface area contributed by atoms with Gasteiger partial charge in [0.25, 0.3) is 5.91 Å². The number of rotatable bonds is 9. The number of benzene rings is 2. The topological polar surface area (TPSA) is 104 Å². The van der Waals surface area contributed by atoms with E-state index in [-0.39, 0.29) is 24.0 Å². The summed E-state index contributed by atoms with van der Waals surface area (Å²) in [4.78, 5) is 27.0. The Balaban J connectivity index is 1.55. The summed E-state index contributed by atoms with van der Waals surface area (Å²) in [5, 5.41) is 11.1. The smallest absolute Gasteiger partial charge is 0.310 e. The maximum atomic E-state index is 12.5. The van der Waals surface area contributed by atoms with Crippen molar-refractivity contribution >= 4 is 11.6 Å². The number of methoxy groups -OCH3 is 3. The molecule has 3 rings (SSSR count). The molecule has 0 spiro atoms. The summed E-state index contributed by atoms with van der Waals surface area (Å²) >= 11 is 0. The van der Waals surface area contributed by atoms with Gasteiger partial charge in [-0.25, -0.2) is 0 Å². The molecule has 0 unspecified atom stereocenters. The van der Waals surface area contributed by atoms with Crippen LogP contribution in [0.15, 0.2) is 36.4 Å². The molecule has 10 heteroatoms. The average Bonchev–Trinajstić information content (AvgIpc) is 2.82. The van der Waals surface area contributed by atoms with Crippen molar-refractivity contribution in [1.82, 2.24) is 9.80 Å². The summed E-state index contributed by atoms with van der Waals surface area (Å²) in [7, 11) is 4.74. The van der Waals surface area contributed by atoms with Gasteiger partial charge in [0.2, 0.25) is 5.75 Å². The van der Waals surface area contributed by atoms with Crippen LogP contribution in [0.2, 0.25) is 0 Å². The molecule has 1 saturated heterocycles. The van der Waals surface area contributed by atoms with Crippen molar-refractivity contribution in [1.29, 1.82) is 0 Å². The highest BCUT2D eigenvalue weighted by molar-refractivity contribution is 5.78. The first-order chi connectivity index (χ1) is 15.5. The summed E-state index contributed by atoms with van der Waals surface area (Å²) in [6, 6.07) is 9.81. The zero-order valence-electron chi connectivity index (χ0n) is 18.4. The summed E-state index contributed by atoms with van der Waals surface area (Å²) in [6.07, 6.45) is 0. The van der Waals surface area contributed by atoms with Crippen molar-refractivity contribution < 1.29 is 28.7 Å². The van der Waals surface area contributed by atoms with E-state index >= 15 is 0 Å². The number of carbonyl (C=O) groups is 1. The van der Waals surface area contributed by atoms with E-state index < -0.39 is 4.92 Å². The van der Waals surface area contributed by atoms with E-state index in [2.05, 4.69) is 4.90 Å². The minimum atomic E-state index is -0.527. The number of hydrogen-bond donors (Lipinski definition) is 0. The molecule has 32 heavy (non-hydrogen) atoms. The zero-order valence-corrected chi connectivity index (χ0v) is 18.4. The van der Waals surface area contributed by atoms with Crippen LogP contribution in [0.25, 0.3) is 0 Å². The van der Waals surface area contributed by atoms with Crippen LogP contribution in [-0.4, -0.2) is 74.7 Å². The van der Waals surface area contributed by atoms with E-state index in [1.54, 1.807) is 38.4 Å². The molecule has 10 nitrogen and oxygen atoms in total. The molecule has 0 radical (unpaired) electrons. The lowest BCUT2D eigenvalue weighted by atomic mass is 10.1. The van der Waals surface area contributed by atoms with Gasteiger partial charge >= 0.3 is 5.69 Å². The number of piperazine rings is 1. The Morgan fingerprint density at radius 3 is 2.25 bits per heavy atom. The maximum Gasteiger partial charge on any atom is 0.310 e. The highest BCUT2D eigenvalue weighted by Gasteiger charge is 2.24. The van der Waals surface area contributed by atoms with Crippen LogP contribution in [0.5, 0.6) is 23.0 Å². The molecule has 0 atom stereocenters. The van der Waals surface area contributed by atoms with Crippen molar-refractivity contribution in [2.75, 3.05) is 54.1 Å². The predicted octanol–water partition coefficient (Wildman–Crippen LogP) is 2.34. The van der Waals surface area contributed by atoms with Crippen LogP contribution < -0.4 is 18.9 Å². The second-order valence-corrected chi connectivity index (χ2v) is 7.16. The molecule has 1 fully saturated rings. The van der Waals surface area contributed by atoms with Gasteiger partial charge in [-0.15, -0.1) is 0 Å². The Morgan fingerprint density at radius 2 is 1.62 bits per heavy atom. The van der Waals surface area contributed by atoms with Gasteiger partial charge in [0.1, 0.15) is 0 Å². The molecule has 0 aliphatic carbocycles. The quantitative estimate of drug-likeness (QED) is 0.428. The number of carbonyl (C=O) groups excluding carboxylic acids is 1. The monoisotopic (exact) mass is 445 g/mol. The fraction of sp³-hybridized carbons (Fsp3) is 0.409. The lowest BCUT2D eigenvalue weighted by molar-refractivity contribution is -0.385. The minimum absolute atomic E-state index is 0.0880. The third-order valence-electron chi connectivity index (χ3n) is 5.32. The van der Waals surface area contributed by atoms with E-state index in [0.717, 1.165) is 5.56 Å². The van der Waals surface area contributed by atoms with E-state index in [0.29, 0.717) is 50.0 Å². The second kappa shape index (κ2) is 10.7. The number of amides is 1. The average molecular weight is 445 g/mol. The van der Waals surface area contributed by atoms with Gasteiger partial charge in [-0.1, -0.05) is 18.2 Å². The maximum absolute atomic E-state index is 12.5. The molecule has 0 N–H and O–H groups in total. The summed E-state index contributed by atoms with van der Waals surface area (Å²) < 4.78 is 21.7. The van der Waals surface area contributed by atoms with E-state index in [1.165, 1.54) is 12.1 Å². The number of nitro groups is 1. The number of nitro benzene ring substituents is 1. The number of hydrogen-bond acceptors (Lipinski definition) is 8. The molecule has 0 bridgehead atoms.